The highest BCUT2D eigenvalue weighted by molar-refractivity contribution is 7.99. The number of rotatable bonds is 2. The van der Waals surface area contributed by atoms with Crippen molar-refractivity contribution in [2.75, 3.05) is 11.6 Å². The smallest absolute Gasteiger partial charge is 0.305 e. The van der Waals surface area contributed by atoms with E-state index >= 15 is 0 Å². The summed E-state index contributed by atoms with van der Waals surface area (Å²) in [4.78, 5) is 10.2. The molecule has 3 N–H and O–H groups in total. The van der Waals surface area contributed by atoms with Gasteiger partial charge in [-0.2, -0.15) is 0 Å². The molecule has 0 aromatic heterocycles. The van der Waals surface area contributed by atoms with Gasteiger partial charge in [0.05, 0.1) is 12.3 Å². The minimum Gasteiger partial charge on any atom is -0.481 e. The maximum atomic E-state index is 10.2. The van der Waals surface area contributed by atoms with Gasteiger partial charge in [0.25, 0.3) is 0 Å². The average molecular weight is 162 g/mol. The van der Waals surface area contributed by atoms with Crippen molar-refractivity contribution in [3.05, 3.63) is 0 Å². The lowest BCUT2D eigenvalue weighted by atomic mass is 10.2. The predicted molar refractivity (Wildman–Crippen MR) is 39.6 cm³/mol. The molecule has 5 heteroatoms. The van der Waals surface area contributed by atoms with Gasteiger partial charge in [0.15, 0.2) is 0 Å². The molecule has 1 atom stereocenters. The number of carboxylic acids is 1. The van der Waals surface area contributed by atoms with E-state index in [1.807, 2.05) is 0 Å². The van der Waals surface area contributed by atoms with Crippen LogP contribution in [0.5, 0.6) is 0 Å². The van der Waals surface area contributed by atoms with Crippen molar-refractivity contribution in [1.82, 2.24) is 10.9 Å². The third kappa shape index (κ3) is 2.55. The molecule has 0 spiro atoms. The Labute approximate surface area is 63.3 Å². The normalized spacial score (nSPS) is 26.2. The van der Waals surface area contributed by atoms with Crippen LogP contribution in [0.3, 0.4) is 0 Å². The maximum absolute atomic E-state index is 10.2. The van der Waals surface area contributed by atoms with Crippen molar-refractivity contribution in [3.63, 3.8) is 0 Å². The Bertz CT molecular complexity index is 125. The lowest BCUT2D eigenvalue weighted by Crippen LogP contribution is -2.47. The van der Waals surface area contributed by atoms with Crippen LogP contribution in [0.1, 0.15) is 6.42 Å². The fraction of sp³-hybridized carbons (Fsp3) is 0.800. The number of aliphatic carboxylic acids is 1. The van der Waals surface area contributed by atoms with E-state index in [1.165, 1.54) is 0 Å². The first-order valence-corrected chi connectivity index (χ1v) is 4.22. The Balaban J connectivity index is 2.19. The van der Waals surface area contributed by atoms with E-state index in [0.29, 0.717) is 0 Å². The molecule has 0 radical (unpaired) electrons. The zero-order valence-corrected chi connectivity index (χ0v) is 6.28. The molecule has 58 valence electrons. The van der Waals surface area contributed by atoms with Crippen LogP contribution in [0.25, 0.3) is 0 Å². The number of carboxylic acid groups (broad SMARTS) is 1. The summed E-state index contributed by atoms with van der Waals surface area (Å²) in [5.41, 5.74) is 5.79. The topological polar surface area (TPSA) is 61.4 Å². The van der Waals surface area contributed by atoms with Crippen molar-refractivity contribution in [3.8, 4) is 0 Å². The number of carbonyl (C=O) groups is 1. The molecule has 0 aliphatic carbocycles. The van der Waals surface area contributed by atoms with Crippen LogP contribution in [-0.2, 0) is 4.79 Å². The molecule has 4 nitrogen and oxygen atoms in total. The third-order valence-electron chi connectivity index (χ3n) is 1.22. The second kappa shape index (κ2) is 3.80. The van der Waals surface area contributed by atoms with Gasteiger partial charge in [-0.3, -0.25) is 10.2 Å². The summed E-state index contributed by atoms with van der Waals surface area (Å²) in [5.74, 6) is 0.983. The van der Waals surface area contributed by atoms with Gasteiger partial charge in [-0.25, -0.2) is 5.43 Å². The molecule has 1 aliphatic heterocycles. The van der Waals surface area contributed by atoms with Crippen LogP contribution >= 0.6 is 11.8 Å². The zero-order valence-electron chi connectivity index (χ0n) is 5.46. The summed E-state index contributed by atoms with van der Waals surface area (Å²) in [6, 6.07) is 0.0799. The SMILES string of the molecule is O=C(O)CC1CSCNN1. The van der Waals surface area contributed by atoms with Crippen molar-refractivity contribution in [2.24, 2.45) is 0 Å². The van der Waals surface area contributed by atoms with Crippen molar-refractivity contribution >= 4 is 17.7 Å². The maximum Gasteiger partial charge on any atom is 0.305 e. The Kier molecular flexibility index (Phi) is 2.98. The molecule has 1 rings (SSSR count). The Morgan fingerprint density at radius 1 is 1.80 bits per heavy atom. The molecule has 1 fully saturated rings. The Hall–Kier alpha value is -0.260. The summed E-state index contributed by atoms with van der Waals surface area (Å²) in [7, 11) is 0. The molecular formula is C5H10N2O2S. The van der Waals surface area contributed by atoms with Gasteiger partial charge < -0.3 is 5.11 Å². The minimum absolute atomic E-state index is 0.0799. The van der Waals surface area contributed by atoms with Crippen molar-refractivity contribution < 1.29 is 9.90 Å². The Morgan fingerprint density at radius 3 is 3.10 bits per heavy atom. The molecular weight excluding hydrogens is 152 g/mol. The van der Waals surface area contributed by atoms with Crippen LogP contribution in [0.2, 0.25) is 0 Å². The molecule has 1 heterocycles. The fourth-order valence-electron chi connectivity index (χ4n) is 0.801. The first kappa shape index (κ1) is 7.84. The molecule has 1 unspecified atom stereocenters. The molecule has 10 heavy (non-hydrogen) atoms. The van der Waals surface area contributed by atoms with E-state index in [4.69, 9.17) is 5.11 Å². The third-order valence-corrected chi connectivity index (χ3v) is 2.21. The number of thioether (sulfide) groups is 1. The number of nitrogens with one attached hydrogen (secondary N) is 2. The summed E-state index contributed by atoms with van der Waals surface area (Å²) in [5, 5.41) is 8.39. The molecule has 0 saturated carbocycles. The monoisotopic (exact) mass is 162 g/mol. The summed E-state index contributed by atoms with van der Waals surface area (Å²) < 4.78 is 0. The number of hydrogen-bond donors (Lipinski definition) is 3. The first-order valence-electron chi connectivity index (χ1n) is 3.07. The molecule has 0 bridgehead atoms. The molecule has 0 amide bonds. The van der Waals surface area contributed by atoms with Gasteiger partial charge in [0, 0.05) is 11.8 Å². The van der Waals surface area contributed by atoms with Gasteiger partial charge in [-0.05, 0) is 0 Å². The van der Waals surface area contributed by atoms with Gasteiger partial charge in [-0.15, -0.1) is 11.8 Å². The summed E-state index contributed by atoms with van der Waals surface area (Å²) >= 11 is 1.71. The van der Waals surface area contributed by atoms with Crippen molar-refractivity contribution in [1.29, 1.82) is 0 Å². The van der Waals surface area contributed by atoms with Crippen LogP contribution in [0.4, 0.5) is 0 Å². The molecule has 0 aromatic rings. The molecule has 1 saturated heterocycles. The summed E-state index contributed by atoms with van der Waals surface area (Å²) in [6.45, 7) is 0. The van der Waals surface area contributed by atoms with Crippen LogP contribution in [-0.4, -0.2) is 28.7 Å². The lowest BCUT2D eigenvalue weighted by Gasteiger charge is -2.21. The molecule has 1 aliphatic rings. The van der Waals surface area contributed by atoms with Gasteiger partial charge >= 0.3 is 5.97 Å². The number of hydrogen-bond acceptors (Lipinski definition) is 4. The second-order valence-electron chi connectivity index (χ2n) is 2.13. The van der Waals surface area contributed by atoms with Crippen molar-refractivity contribution in [2.45, 2.75) is 12.5 Å². The Morgan fingerprint density at radius 2 is 2.60 bits per heavy atom. The average Bonchev–Trinajstić information content (AvgIpc) is 1.88. The van der Waals surface area contributed by atoms with E-state index in [-0.39, 0.29) is 12.5 Å². The van der Waals surface area contributed by atoms with Gasteiger partial charge in [0.2, 0.25) is 0 Å². The number of hydrazine groups is 1. The first-order chi connectivity index (χ1) is 4.79. The highest BCUT2D eigenvalue weighted by Crippen LogP contribution is 2.06. The van der Waals surface area contributed by atoms with Gasteiger partial charge in [-0.1, -0.05) is 0 Å². The van der Waals surface area contributed by atoms with Crippen LogP contribution in [0, 0.1) is 0 Å². The highest BCUT2D eigenvalue weighted by Gasteiger charge is 2.15. The quantitative estimate of drug-likeness (QED) is 0.517. The van der Waals surface area contributed by atoms with E-state index < -0.39 is 5.97 Å². The second-order valence-corrected chi connectivity index (χ2v) is 3.16. The van der Waals surface area contributed by atoms with E-state index in [0.717, 1.165) is 11.6 Å². The van der Waals surface area contributed by atoms with Gasteiger partial charge in [0.1, 0.15) is 0 Å². The predicted octanol–water partition coefficient (Wildman–Crippen LogP) is -0.372. The zero-order chi connectivity index (χ0) is 7.40. The van der Waals surface area contributed by atoms with E-state index in [9.17, 15) is 4.79 Å². The highest BCUT2D eigenvalue weighted by atomic mass is 32.2. The standard InChI is InChI=1S/C5H10N2O2S/c8-5(9)1-4-2-10-3-6-7-4/h4,6-7H,1-3H2,(H,8,9). The van der Waals surface area contributed by atoms with Crippen LogP contribution in [0.15, 0.2) is 0 Å². The fourth-order valence-corrected chi connectivity index (χ4v) is 1.59. The molecule has 0 aromatic carbocycles. The largest absolute Gasteiger partial charge is 0.481 e. The van der Waals surface area contributed by atoms with Crippen LogP contribution < -0.4 is 10.9 Å². The lowest BCUT2D eigenvalue weighted by molar-refractivity contribution is -0.137. The van der Waals surface area contributed by atoms with E-state index in [1.54, 1.807) is 11.8 Å². The summed E-state index contributed by atoms with van der Waals surface area (Å²) in [6.07, 6.45) is 0.194. The minimum atomic E-state index is -0.748. The van der Waals surface area contributed by atoms with E-state index in [2.05, 4.69) is 10.9 Å².